The zero-order valence-electron chi connectivity index (χ0n) is 15.6. The summed E-state index contributed by atoms with van der Waals surface area (Å²) < 4.78 is 43.0. The maximum Gasteiger partial charge on any atom is 0.573 e. The van der Waals surface area contributed by atoms with Crippen molar-refractivity contribution in [3.8, 4) is 17.1 Å². The summed E-state index contributed by atoms with van der Waals surface area (Å²) >= 11 is 0. The molecule has 3 aromatic rings. The van der Waals surface area contributed by atoms with Crippen molar-refractivity contribution in [3.63, 3.8) is 0 Å². The summed E-state index contributed by atoms with van der Waals surface area (Å²) in [4.78, 5) is 0. The molecule has 0 atom stereocenters. The quantitative estimate of drug-likeness (QED) is 0.685. The summed E-state index contributed by atoms with van der Waals surface area (Å²) in [6.45, 7) is 1.84. The van der Waals surface area contributed by atoms with Gasteiger partial charge >= 0.3 is 6.36 Å². The largest absolute Gasteiger partial charge is 0.573 e. The fourth-order valence-corrected chi connectivity index (χ4v) is 3.47. The van der Waals surface area contributed by atoms with Crippen molar-refractivity contribution in [2.24, 2.45) is 0 Å². The first kappa shape index (κ1) is 19.4. The van der Waals surface area contributed by atoms with Gasteiger partial charge in [-0.15, -0.1) is 28.5 Å². The molecule has 1 aromatic carbocycles. The number of hydrogen-bond donors (Lipinski definition) is 2. The molecule has 2 aromatic heterocycles. The second kappa shape index (κ2) is 7.18. The third-order valence-corrected chi connectivity index (χ3v) is 5.00. The lowest BCUT2D eigenvalue weighted by Crippen LogP contribution is -2.36. The number of ether oxygens (including phenoxy) is 1. The summed E-state index contributed by atoms with van der Waals surface area (Å²) in [5.41, 5.74) is 0.248. The Balaban J connectivity index is 1.59. The van der Waals surface area contributed by atoms with E-state index in [9.17, 15) is 18.3 Å². The molecule has 7 nitrogen and oxygen atoms in total. The Labute approximate surface area is 164 Å². The number of anilines is 1. The molecule has 0 unspecified atom stereocenters. The minimum atomic E-state index is -4.77. The van der Waals surface area contributed by atoms with Crippen molar-refractivity contribution in [1.82, 2.24) is 19.8 Å². The SMILES string of the molecule is CC1(O)CCC(Nc2ccc3nnc(-c4cccc(OC(F)(F)F)c4)n3n2)CC1. The molecule has 1 saturated carbocycles. The number of nitrogens with one attached hydrogen (secondary N) is 1. The van der Waals surface area contributed by atoms with E-state index in [2.05, 4.69) is 25.3 Å². The summed E-state index contributed by atoms with van der Waals surface area (Å²) in [5.74, 6) is 0.575. The summed E-state index contributed by atoms with van der Waals surface area (Å²) in [6.07, 6.45) is -1.73. The van der Waals surface area contributed by atoms with Crippen molar-refractivity contribution in [3.05, 3.63) is 36.4 Å². The molecule has 2 N–H and O–H groups in total. The Morgan fingerprint density at radius 1 is 1.17 bits per heavy atom. The third kappa shape index (κ3) is 4.58. The summed E-state index contributed by atoms with van der Waals surface area (Å²) in [5, 5.41) is 26.0. The molecular formula is C19H20F3N5O2. The molecule has 154 valence electrons. The molecule has 0 aliphatic heterocycles. The van der Waals surface area contributed by atoms with Gasteiger partial charge in [0.25, 0.3) is 0 Å². The Morgan fingerprint density at radius 2 is 1.93 bits per heavy atom. The van der Waals surface area contributed by atoms with Crippen LogP contribution >= 0.6 is 0 Å². The van der Waals surface area contributed by atoms with Crippen LogP contribution in [0.25, 0.3) is 17.0 Å². The maximum atomic E-state index is 12.5. The molecule has 0 bridgehead atoms. The lowest BCUT2D eigenvalue weighted by Gasteiger charge is -2.33. The van der Waals surface area contributed by atoms with Crippen LogP contribution < -0.4 is 10.1 Å². The Kier molecular flexibility index (Phi) is 4.81. The van der Waals surface area contributed by atoms with Gasteiger partial charge in [-0.25, -0.2) is 0 Å². The van der Waals surface area contributed by atoms with Crippen LogP contribution in [-0.2, 0) is 0 Å². The lowest BCUT2D eigenvalue weighted by atomic mass is 9.84. The Morgan fingerprint density at radius 3 is 2.66 bits per heavy atom. The van der Waals surface area contributed by atoms with E-state index < -0.39 is 12.0 Å². The molecular weight excluding hydrogens is 387 g/mol. The molecule has 1 aliphatic rings. The van der Waals surface area contributed by atoms with Gasteiger partial charge in [0.05, 0.1) is 5.60 Å². The van der Waals surface area contributed by atoms with Gasteiger partial charge in [0.1, 0.15) is 11.6 Å². The highest BCUT2D eigenvalue weighted by Crippen LogP contribution is 2.30. The summed E-state index contributed by atoms with van der Waals surface area (Å²) in [6, 6.07) is 9.24. The van der Waals surface area contributed by atoms with Crippen LogP contribution in [0.2, 0.25) is 0 Å². The van der Waals surface area contributed by atoms with Gasteiger partial charge in [-0.05, 0) is 56.9 Å². The monoisotopic (exact) mass is 407 g/mol. The minimum Gasteiger partial charge on any atom is -0.406 e. The van der Waals surface area contributed by atoms with Crippen LogP contribution in [0.15, 0.2) is 36.4 Å². The molecule has 29 heavy (non-hydrogen) atoms. The first-order chi connectivity index (χ1) is 13.7. The molecule has 1 fully saturated rings. The van der Waals surface area contributed by atoms with Crippen molar-refractivity contribution in [1.29, 1.82) is 0 Å². The first-order valence-electron chi connectivity index (χ1n) is 9.26. The number of halogens is 3. The average Bonchev–Trinajstić information content (AvgIpc) is 3.05. The number of alkyl halides is 3. The average molecular weight is 407 g/mol. The lowest BCUT2D eigenvalue weighted by molar-refractivity contribution is -0.274. The van der Waals surface area contributed by atoms with Gasteiger partial charge in [-0.1, -0.05) is 12.1 Å². The van der Waals surface area contributed by atoms with Gasteiger partial charge in [-0.2, -0.15) is 4.52 Å². The number of hydrogen-bond acceptors (Lipinski definition) is 6. The Bertz CT molecular complexity index is 1010. The normalized spacial score (nSPS) is 22.6. The van der Waals surface area contributed by atoms with E-state index in [-0.39, 0.29) is 11.8 Å². The number of rotatable bonds is 4. The molecule has 0 amide bonds. The van der Waals surface area contributed by atoms with Crippen molar-refractivity contribution < 1.29 is 23.0 Å². The number of benzene rings is 1. The second-order valence-corrected chi connectivity index (χ2v) is 7.50. The van der Waals surface area contributed by atoms with E-state index in [1.165, 1.54) is 22.7 Å². The van der Waals surface area contributed by atoms with Crippen LogP contribution in [-0.4, -0.2) is 42.9 Å². The van der Waals surface area contributed by atoms with Gasteiger partial charge in [0.2, 0.25) is 0 Å². The first-order valence-corrected chi connectivity index (χ1v) is 9.26. The zero-order valence-corrected chi connectivity index (χ0v) is 15.6. The standard InChI is InChI=1S/C19H20F3N5O2/c1-18(28)9-7-13(8-10-18)23-15-5-6-16-24-25-17(27(16)26-15)12-3-2-4-14(11-12)29-19(20,21)22/h2-6,11,13,28H,7-10H2,1H3,(H,23,26). The van der Waals surface area contributed by atoms with Gasteiger partial charge < -0.3 is 15.2 Å². The highest BCUT2D eigenvalue weighted by Gasteiger charge is 2.31. The fourth-order valence-electron chi connectivity index (χ4n) is 3.47. The number of fused-ring (bicyclic) bond motifs is 1. The smallest absolute Gasteiger partial charge is 0.406 e. The molecule has 10 heteroatoms. The van der Waals surface area contributed by atoms with Crippen molar-refractivity contribution in [2.75, 3.05) is 5.32 Å². The van der Waals surface area contributed by atoms with E-state index >= 15 is 0 Å². The molecule has 0 saturated heterocycles. The molecule has 1 aliphatic carbocycles. The fraction of sp³-hybridized carbons (Fsp3) is 0.421. The van der Waals surface area contributed by atoms with E-state index in [0.717, 1.165) is 12.8 Å². The molecule has 2 heterocycles. The number of aromatic nitrogens is 4. The van der Waals surface area contributed by atoms with E-state index in [1.54, 1.807) is 18.2 Å². The number of aliphatic hydroxyl groups is 1. The van der Waals surface area contributed by atoms with Crippen LogP contribution in [0.1, 0.15) is 32.6 Å². The van der Waals surface area contributed by atoms with E-state index in [0.29, 0.717) is 35.7 Å². The highest BCUT2D eigenvalue weighted by molar-refractivity contribution is 5.61. The van der Waals surface area contributed by atoms with Crippen LogP contribution in [0.3, 0.4) is 0 Å². The van der Waals surface area contributed by atoms with E-state index in [4.69, 9.17) is 0 Å². The molecule has 4 rings (SSSR count). The van der Waals surface area contributed by atoms with Crippen LogP contribution in [0, 0.1) is 0 Å². The zero-order chi connectivity index (χ0) is 20.6. The van der Waals surface area contributed by atoms with Crippen LogP contribution in [0.5, 0.6) is 5.75 Å². The molecule has 0 radical (unpaired) electrons. The highest BCUT2D eigenvalue weighted by atomic mass is 19.4. The maximum absolute atomic E-state index is 12.5. The second-order valence-electron chi connectivity index (χ2n) is 7.50. The van der Waals surface area contributed by atoms with Gasteiger partial charge in [0, 0.05) is 11.6 Å². The van der Waals surface area contributed by atoms with Gasteiger partial charge in [-0.3, -0.25) is 0 Å². The number of nitrogens with zero attached hydrogens (tertiary/aromatic N) is 4. The summed E-state index contributed by atoms with van der Waals surface area (Å²) in [7, 11) is 0. The minimum absolute atomic E-state index is 0.184. The molecule has 0 spiro atoms. The van der Waals surface area contributed by atoms with Crippen molar-refractivity contribution in [2.45, 2.75) is 50.6 Å². The predicted octanol–water partition coefficient (Wildman–Crippen LogP) is 3.80. The topological polar surface area (TPSA) is 84.6 Å². The Hall–Kier alpha value is -2.88. The predicted molar refractivity (Wildman–Crippen MR) is 99.4 cm³/mol. The van der Waals surface area contributed by atoms with Crippen LogP contribution in [0.4, 0.5) is 19.0 Å². The van der Waals surface area contributed by atoms with Crippen molar-refractivity contribution >= 4 is 11.5 Å². The van der Waals surface area contributed by atoms with Gasteiger partial charge in [0.15, 0.2) is 11.5 Å². The third-order valence-electron chi connectivity index (χ3n) is 5.00. The van der Waals surface area contributed by atoms with E-state index in [1.807, 2.05) is 6.92 Å².